The van der Waals surface area contributed by atoms with Crippen LogP contribution in [0.2, 0.25) is 0 Å². The Morgan fingerprint density at radius 3 is 2.61 bits per heavy atom. The van der Waals surface area contributed by atoms with Gasteiger partial charge in [-0.2, -0.15) is 5.10 Å². The lowest BCUT2D eigenvalue weighted by atomic mass is 10.2. The van der Waals surface area contributed by atoms with Crippen molar-refractivity contribution in [3.63, 3.8) is 0 Å². The number of carbonyl (C=O) groups excluding carboxylic acids is 1. The maximum absolute atomic E-state index is 12.2. The number of hydrazone groups is 1. The fourth-order valence-corrected chi connectivity index (χ4v) is 3.87. The molecule has 1 amide bonds. The van der Waals surface area contributed by atoms with Gasteiger partial charge in [-0.3, -0.25) is 4.79 Å². The number of carbonyl (C=O) groups is 1. The summed E-state index contributed by atoms with van der Waals surface area (Å²) in [7, 11) is 1.63. The van der Waals surface area contributed by atoms with Crippen LogP contribution in [0, 0.1) is 0 Å². The topological polar surface area (TPSA) is 81.4 Å². The van der Waals surface area contributed by atoms with Crippen LogP contribution in [0.1, 0.15) is 12.5 Å². The number of nitrogens with one attached hydrogen (secondary N) is 1. The lowest BCUT2D eigenvalue weighted by Crippen LogP contribution is -2.19. The highest BCUT2D eigenvalue weighted by Gasteiger charge is 2.14. The standard InChI is InChI=1S/C22H22BrN5O2S/c1-3-28-21(17-9-11-19(30-2)12-10-17)26-27-22(28)31-15-20(29)25-24-14-18(23)13-16-7-5-4-6-8-16/h4-14H,3,15H2,1-2H3,(H,25,29). The van der Waals surface area contributed by atoms with Crippen LogP contribution in [0.4, 0.5) is 0 Å². The van der Waals surface area contributed by atoms with E-state index >= 15 is 0 Å². The van der Waals surface area contributed by atoms with Crippen molar-refractivity contribution in [1.82, 2.24) is 20.2 Å². The summed E-state index contributed by atoms with van der Waals surface area (Å²) in [5.74, 6) is 1.49. The lowest BCUT2D eigenvalue weighted by molar-refractivity contribution is -0.118. The van der Waals surface area contributed by atoms with Gasteiger partial charge in [0, 0.05) is 16.6 Å². The van der Waals surface area contributed by atoms with Crippen LogP contribution >= 0.6 is 27.7 Å². The van der Waals surface area contributed by atoms with Crippen LogP contribution in [0.15, 0.2) is 69.3 Å². The van der Waals surface area contributed by atoms with Gasteiger partial charge in [0.1, 0.15) is 5.75 Å². The predicted molar refractivity (Wildman–Crippen MR) is 128 cm³/mol. The first-order valence-corrected chi connectivity index (χ1v) is 11.3. The summed E-state index contributed by atoms with van der Waals surface area (Å²) < 4.78 is 7.92. The Kier molecular flexibility index (Phi) is 8.43. The zero-order chi connectivity index (χ0) is 22.1. The van der Waals surface area contributed by atoms with Crippen LogP contribution in [0.3, 0.4) is 0 Å². The third-order valence-corrected chi connectivity index (χ3v) is 5.60. The van der Waals surface area contributed by atoms with E-state index in [0.717, 1.165) is 27.2 Å². The summed E-state index contributed by atoms with van der Waals surface area (Å²) in [6.07, 6.45) is 3.46. The summed E-state index contributed by atoms with van der Waals surface area (Å²) in [5.41, 5.74) is 4.50. The van der Waals surface area contributed by atoms with E-state index in [1.54, 1.807) is 13.3 Å². The van der Waals surface area contributed by atoms with Crippen molar-refractivity contribution in [2.24, 2.45) is 5.10 Å². The number of amides is 1. The van der Waals surface area contributed by atoms with Gasteiger partial charge in [0.15, 0.2) is 11.0 Å². The van der Waals surface area contributed by atoms with Crippen LogP contribution < -0.4 is 10.2 Å². The maximum Gasteiger partial charge on any atom is 0.250 e. The molecular weight excluding hydrogens is 478 g/mol. The predicted octanol–water partition coefficient (Wildman–Crippen LogP) is 4.60. The van der Waals surface area contributed by atoms with Gasteiger partial charge in [-0.15, -0.1) is 10.2 Å². The van der Waals surface area contributed by atoms with Gasteiger partial charge in [-0.1, -0.05) is 42.1 Å². The molecule has 0 aliphatic heterocycles. The smallest absolute Gasteiger partial charge is 0.250 e. The number of ether oxygens (including phenoxy) is 1. The van der Waals surface area contributed by atoms with Crippen molar-refractivity contribution in [2.75, 3.05) is 12.9 Å². The Bertz CT molecular complexity index is 1070. The molecule has 7 nitrogen and oxygen atoms in total. The Morgan fingerprint density at radius 1 is 1.19 bits per heavy atom. The van der Waals surface area contributed by atoms with E-state index in [9.17, 15) is 4.79 Å². The number of hydrogen-bond acceptors (Lipinski definition) is 6. The van der Waals surface area contributed by atoms with Crippen molar-refractivity contribution in [3.8, 4) is 17.1 Å². The monoisotopic (exact) mass is 499 g/mol. The van der Waals surface area contributed by atoms with Crippen molar-refractivity contribution in [2.45, 2.75) is 18.6 Å². The zero-order valence-electron chi connectivity index (χ0n) is 17.2. The maximum atomic E-state index is 12.2. The van der Waals surface area contributed by atoms with Crippen LogP contribution in [-0.2, 0) is 11.3 Å². The van der Waals surface area contributed by atoms with E-state index in [1.807, 2.05) is 72.2 Å². The minimum Gasteiger partial charge on any atom is -0.497 e. The average Bonchev–Trinajstić information content (AvgIpc) is 3.21. The minimum absolute atomic E-state index is 0.179. The third-order valence-electron chi connectivity index (χ3n) is 4.19. The minimum atomic E-state index is -0.224. The second kappa shape index (κ2) is 11.5. The molecule has 0 fully saturated rings. The number of rotatable bonds is 9. The largest absolute Gasteiger partial charge is 0.497 e. The number of allylic oxidation sites excluding steroid dienone is 1. The Hall–Kier alpha value is -2.91. The van der Waals surface area contributed by atoms with Gasteiger partial charge in [0.2, 0.25) is 0 Å². The summed E-state index contributed by atoms with van der Waals surface area (Å²) in [6.45, 7) is 2.70. The normalized spacial score (nSPS) is 11.6. The van der Waals surface area contributed by atoms with Gasteiger partial charge in [-0.25, -0.2) is 5.43 Å². The Morgan fingerprint density at radius 2 is 1.94 bits per heavy atom. The highest BCUT2D eigenvalue weighted by Crippen LogP contribution is 2.25. The van der Waals surface area contributed by atoms with Crippen LogP contribution in [0.25, 0.3) is 17.5 Å². The molecule has 160 valence electrons. The second-order valence-electron chi connectivity index (χ2n) is 6.30. The molecule has 31 heavy (non-hydrogen) atoms. The fourth-order valence-electron chi connectivity index (χ4n) is 2.71. The number of thioether (sulfide) groups is 1. The first-order valence-electron chi connectivity index (χ1n) is 9.55. The van der Waals surface area contributed by atoms with Gasteiger partial charge in [-0.05, 0) is 58.8 Å². The van der Waals surface area contributed by atoms with Gasteiger partial charge in [0.25, 0.3) is 5.91 Å². The van der Waals surface area contributed by atoms with Crippen molar-refractivity contribution >= 4 is 45.9 Å². The molecule has 0 bridgehead atoms. The molecule has 0 radical (unpaired) electrons. The van der Waals surface area contributed by atoms with E-state index in [2.05, 4.69) is 36.7 Å². The highest BCUT2D eigenvalue weighted by atomic mass is 79.9. The van der Waals surface area contributed by atoms with Gasteiger partial charge in [0.05, 0.1) is 19.1 Å². The summed E-state index contributed by atoms with van der Waals surface area (Å²) in [4.78, 5) is 12.2. The van der Waals surface area contributed by atoms with Crippen LogP contribution in [-0.4, -0.2) is 39.7 Å². The first-order chi connectivity index (χ1) is 15.1. The molecule has 0 aliphatic rings. The summed E-state index contributed by atoms with van der Waals surface area (Å²) in [6, 6.07) is 17.5. The van der Waals surface area contributed by atoms with E-state index in [0.29, 0.717) is 11.7 Å². The van der Waals surface area contributed by atoms with E-state index in [-0.39, 0.29) is 11.7 Å². The van der Waals surface area contributed by atoms with Crippen molar-refractivity contribution in [3.05, 3.63) is 64.6 Å². The molecule has 0 atom stereocenters. The molecule has 1 N–H and O–H groups in total. The summed E-state index contributed by atoms with van der Waals surface area (Å²) >= 11 is 4.74. The molecule has 3 rings (SSSR count). The van der Waals surface area contributed by atoms with Gasteiger partial charge >= 0.3 is 0 Å². The second-order valence-corrected chi connectivity index (χ2v) is 8.16. The summed E-state index contributed by atoms with van der Waals surface area (Å²) in [5, 5.41) is 13.2. The van der Waals surface area contributed by atoms with E-state index in [1.165, 1.54) is 11.8 Å². The molecule has 1 aromatic heterocycles. The van der Waals surface area contributed by atoms with Gasteiger partial charge < -0.3 is 9.30 Å². The highest BCUT2D eigenvalue weighted by molar-refractivity contribution is 9.12. The van der Waals surface area contributed by atoms with E-state index < -0.39 is 0 Å². The molecule has 0 unspecified atom stereocenters. The molecule has 0 saturated heterocycles. The van der Waals surface area contributed by atoms with Crippen LogP contribution in [0.5, 0.6) is 5.75 Å². The fraction of sp³-hybridized carbons (Fsp3) is 0.182. The molecule has 9 heteroatoms. The quantitative estimate of drug-likeness (QED) is 0.264. The van der Waals surface area contributed by atoms with Crippen molar-refractivity contribution < 1.29 is 9.53 Å². The number of benzene rings is 2. The average molecular weight is 500 g/mol. The number of halogens is 1. The molecule has 3 aromatic rings. The number of methoxy groups -OCH3 is 1. The Balaban J connectivity index is 1.56. The van der Waals surface area contributed by atoms with E-state index in [4.69, 9.17) is 4.74 Å². The number of aromatic nitrogens is 3. The number of hydrogen-bond donors (Lipinski definition) is 1. The SMILES string of the molecule is CCn1c(SCC(=O)NN=CC(Br)=Cc2ccccc2)nnc1-c1ccc(OC)cc1. The number of nitrogens with zero attached hydrogens (tertiary/aromatic N) is 4. The molecule has 0 saturated carbocycles. The molecule has 0 spiro atoms. The first kappa shape index (κ1) is 22.8. The Labute approximate surface area is 193 Å². The molecular formula is C22H22BrN5O2S. The van der Waals surface area contributed by atoms with Crippen molar-refractivity contribution in [1.29, 1.82) is 0 Å². The third kappa shape index (κ3) is 6.53. The lowest BCUT2D eigenvalue weighted by Gasteiger charge is -2.07. The zero-order valence-corrected chi connectivity index (χ0v) is 19.6. The molecule has 1 heterocycles. The molecule has 0 aliphatic carbocycles. The molecule has 2 aromatic carbocycles.